The molecule has 2 aromatic carbocycles. The van der Waals surface area contributed by atoms with Crippen LogP contribution < -0.4 is 14.8 Å². The molecule has 1 N–H and O–H groups in total. The topological polar surface area (TPSA) is 80.8 Å². The largest absolute Gasteiger partial charge is 0.497 e. The fraction of sp³-hybridized carbons (Fsp3) is 0.269. The molecule has 1 aliphatic heterocycles. The van der Waals surface area contributed by atoms with E-state index >= 15 is 0 Å². The van der Waals surface area contributed by atoms with Gasteiger partial charge >= 0.3 is 0 Å². The minimum absolute atomic E-state index is 0.00474. The highest BCUT2D eigenvalue weighted by atomic mass is 16.5. The third-order valence-electron chi connectivity index (χ3n) is 5.66. The van der Waals surface area contributed by atoms with E-state index in [9.17, 15) is 9.59 Å². The number of rotatable bonds is 8. The van der Waals surface area contributed by atoms with Crippen molar-refractivity contribution in [1.29, 1.82) is 0 Å². The zero-order valence-electron chi connectivity index (χ0n) is 18.8. The second kappa shape index (κ2) is 10.2. The average molecular weight is 446 g/mol. The number of methoxy groups -OCH3 is 1. The first kappa shape index (κ1) is 22.3. The fourth-order valence-corrected chi connectivity index (χ4v) is 3.75. The van der Waals surface area contributed by atoms with Crippen LogP contribution in [0.25, 0.3) is 0 Å². The van der Waals surface area contributed by atoms with Crippen LogP contribution >= 0.6 is 0 Å². The van der Waals surface area contributed by atoms with Gasteiger partial charge in [-0.15, -0.1) is 0 Å². The van der Waals surface area contributed by atoms with Crippen LogP contribution in [0.1, 0.15) is 24.5 Å². The zero-order chi connectivity index (χ0) is 23.2. The highest BCUT2D eigenvalue weighted by molar-refractivity contribution is 5.97. The summed E-state index contributed by atoms with van der Waals surface area (Å²) in [6.45, 7) is 3.04. The van der Waals surface area contributed by atoms with Gasteiger partial charge in [-0.1, -0.05) is 37.3 Å². The summed E-state index contributed by atoms with van der Waals surface area (Å²) < 4.78 is 10.9. The van der Waals surface area contributed by atoms with Gasteiger partial charge in [-0.3, -0.25) is 9.59 Å². The first-order valence-electron chi connectivity index (χ1n) is 11.0. The summed E-state index contributed by atoms with van der Waals surface area (Å²) >= 11 is 0. The average Bonchev–Trinajstić information content (AvgIpc) is 3.21. The number of benzene rings is 2. The molecule has 7 heteroatoms. The lowest BCUT2D eigenvalue weighted by atomic mass is 10.1. The van der Waals surface area contributed by atoms with E-state index in [0.29, 0.717) is 36.2 Å². The molecule has 0 aliphatic carbocycles. The number of aromatic nitrogens is 1. The number of likely N-dealkylation sites (tertiary alicyclic amines) is 1. The van der Waals surface area contributed by atoms with Crippen LogP contribution in [0.2, 0.25) is 0 Å². The van der Waals surface area contributed by atoms with Crippen LogP contribution in [0.15, 0.2) is 66.9 Å². The Morgan fingerprint density at radius 2 is 1.85 bits per heavy atom. The maximum atomic E-state index is 12.7. The molecule has 2 heterocycles. The molecule has 2 amide bonds. The maximum Gasteiger partial charge on any atom is 0.229 e. The molecule has 1 fully saturated rings. The number of hydrogen-bond acceptors (Lipinski definition) is 5. The second-order valence-corrected chi connectivity index (χ2v) is 8.00. The van der Waals surface area contributed by atoms with Crippen molar-refractivity contribution in [3.05, 3.63) is 78.0 Å². The predicted octanol–water partition coefficient (Wildman–Crippen LogP) is 4.43. The van der Waals surface area contributed by atoms with Crippen LogP contribution in [0.4, 0.5) is 5.69 Å². The van der Waals surface area contributed by atoms with E-state index in [1.807, 2.05) is 24.3 Å². The Hall–Kier alpha value is -3.87. The Balaban J connectivity index is 1.31. The Morgan fingerprint density at radius 3 is 2.55 bits per heavy atom. The molecule has 7 nitrogen and oxygen atoms in total. The van der Waals surface area contributed by atoms with E-state index in [4.69, 9.17) is 9.47 Å². The van der Waals surface area contributed by atoms with Crippen LogP contribution in [0, 0.1) is 5.92 Å². The van der Waals surface area contributed by atoms with Gasteiger partial charge in [-0.05, 0) is 35.7 Å². The molecule has 0 saturated carbocycles. The highest BCUT2D eigenvalue weighted by Gasteiger charge is 2.34. The number of anilines is 1. The number of carbonyl (C=O) groups is 2. The molecule has 1 aliphatic rings. The summed E-state index contributed by atoms with van der Waals surface area (Å²) in [5.41, 5.74) is 2.88. The summed E-state index contributed by atoms with van der Waals surface area (Å²) in [5, 5.41) is 2.86. The summed E-state index contributed by atoms with van der Waals surface area (Å²) in [6, 6.07) is 18.9. The first-order chi connectivity index (χ1) is 16.0. The van der Waals surface area contributed by atoms with Crippen molar-refractivity contribution in [2.75, 3.05) is 19.0 Å². The Morgan fingerprint density at radius 1 is 1.09 bits per heavy atom. The lowest BCUT2D eigenvalue weighted by Gasteiger charge is -2.17. The Bertz CT molecular complexity index is 1110. The Labute approximate surface area is 193 Å². The van der Waals surface area contributed by atoms with Crippen LogP contribution in [0.5, 0.6) is 17.4 Å². The number of amides is 2. The molecular weight excluding hydrogens is 418 g/mol. The molecule has 0 radical (unpaired) electrons. The molecular formula is C26H27N3O4. The number of pyridine rings is 1. The predicted molar refractivity (Wildman–Crippen MR) is 125 cm³/mol. The van der Waals surface area contributed by atoms with Crippen LogP contribution in [-0.4, -0.2) is 35.4 Å². The van der Waals surface area contributed by atoms with E-state index in [-0.39, 0.29) is 24.2 Å². The van der Waals surface area contributed by atoms with Gasteiger partial charge in [0.1, 0.15) is 11.5 Å². The molecule has 1 saturated heterocycles. The first-order valence-corrected chi connectivity index (χ1v) is 11.0. The van der Waals surface area contributed by atoms with Crippen molar-refractivity contribution < 1.29 is 19.1 Å². The van der Waals surface area contributed by atoms with Gasteiger partial charge in [0.2, 0.25) is 17.7 Å². The molecule has 4 rings (SSSR count). The number of nitrogens with zero attached hydrogens (tertiary/aromatic N) is 2. The third-order valence-corrected chi connectivity index (χ3v) is 5.66. The standard InChI is InChI=1S/C26H27N3O4/c1-3-18-7-9-19(10-8-18)16-29-17-20(13-25(29)30)26(31)28-21-11-12-24(27-15-21)33-23-6-4-5-22(14-23)32-2/h4-12,14-15,20H,3,13,16-17H2,1-2H3,(H,28,31). The van der Waals surface area contributed by atoms with Crippen molar-refractivity contribution in [2.45, 2.75) is 26.3 Å². The number of hydrogen-bond donors (Lipinski definition) is 1. The summed E-state index contributed by atoms with van der Waals surface area (Å²) in [5.74, 6) is 1.12. The van der Waals surface area contributed by atoms with Crippen LogP contribution in [0.3, 0.4) is 0 Å². The van der Waals surface area contributed by atoms with Gasteiger partial charge in [-0.2, -0.15) is 0 Å². The molecule has 3 aromatic rings. The Kier molecular flexibility index (Phi) is 6.88. The number of aryl methyl sites for hydroxylation is 1. The monoisotopic (exact) mass is 445 g/mol. The van der Waals surface area contributed by atoms with E-state index in [1.165, 1.54) is 11.8 Å². The SMILES string of the molecule is CCc1ccc(CN2CC(C(=O)Nc3ccc(Oc4cccc(OC)c4)nc3)CC2=O)cc1. The van der Waals surface area contributed by atoms with E-state index in [1.54, 1.807) is 36.3 Å². The molecule has 0 spiro atoms. The quantitative estimate of drug-likeness (QED) is 0.555. The van der Waals surface area contributed by atoms with Crippen molar-refractivity contribution in [1.82, 2.24) is 9.88 Å². The van der Waals surface area contributed by atoms with Gasteiger partial charge in [0, 0.05) is 31.6 Å². The summed E-state index contributed by atoms with van der Waals surface area (Å²) in [7, 11) is 1.59. The van der Waals surface area contributed by atoms with Gasteiger partial charge in [0.15, 0.2) is 0 Å². The van der Waals surface area contributed by atoms with Gasteiger partial charge in [-0.25, -0.2) is 4.98 Å². The molecule has 0 bridgehead atoms. The molecule has 1 aromatic heterocycles. The van der Waals surface area contributed by atoms with Gasteiger partial charge in [0.25, 0.3) is 0 Å². The molecule has 1 unspecified atom stereocenters. The van der Waals surface area contributed by atoms with Crippen molar-refractivity contribution in [3.8, 4) is 17.4 Å². The smallest absolute Gasteiger partial charge is 0.229 e. The molecule has 170 valence electrons. The van der Waals surface area contributed by atoms with Crippen molar-refractivity contribution in [2.24, 2.45) is 5.92 Å². The van der Waals surface area contributed by atoms with E-state index < -0.39 is 0 Å². The van der Waals surface area contributed by atoms with E-state index in [0.717, 1.165) is 12.0 Å². The molecule has 33 heavy (non-hydrogen) atoms. The van der Waals surface area contributed by atoms with Crippen molar-refractivity contribution in [3.63, 3.8) is 0 Å². The van der Waals surface area contributed by atoms with E-state index in [2.05, 4.69) is 29.4 Å². The minimum atomic E-state index is -0.389. The normalized spacial score (nSPS) is 15.4. The van der Waals surface area contributed by atoms with Crippen LogP contribution in [-0.2, 0) is 22.6 Å². The minimum Gasteiger partial charge on any atom is -0.497 e. The summed E-state index contributed by atoms with van der Waals surface area (Å²) in [6.07, 6.45) is 2.73. The lowest BCUT2D eigenvalue weighted by Crippen LogP contribution is -2.28. The van der Waals surface area contributed by atoms with Gasteiger partial charge < -0.3 is 19.7 Å². The fourth-order valence-electron chi connectivity index (χ4n) is 3.75. The lowest BCUT2D eigenvalue weighted by molar-refractivity contribution is -0.128. The maximum absolute atomic E-state index is 12.7. The van der Waals surface area contributed by atoms with Gasteiger partial charge in [0.05, 0.1) is 24.9 Å². The number of ether oxygens (including phenoxy) is 2. The van der Waals surface area contributed by atoms with Crippen molar-refractivity contribution >= 4 is 17.5 Å². The zero-order valence-corrected chi connectivity index (χ0v) is 18.8. The summed E-state index contributed by atoms with van der Waals surface area (Å²) in [4.78, 5) is 31.2. The highest BCUT2D eigenvalue weighted by Crippen LogP contribution is 2.25. The number of nitrogens with one attached hydrogen (secondary N) is 1. The molecule has 1 atom stereocenters. The number of carbonyl (C=O) groups excluding carboxylic acids is 2. The second-order valence-electron chi connectivity index (χ2n) is 8.00. The third kappa shape index (κ3) is 5.68.